The molecule has 1 N–H and O–H groups in total. The van der Waals surface area contributed by atoms with Gasteiger partial charge in [-0.05, 0) is 36.1 Å². The molecule has 0 bridgehead atoms. The highest BCUT2D eigenvalue weighted by Crippen LogP contribution is 2.23. The van der Waals surface area contributed by atoms with Crippen LogP contribution in [0.1, 0.15) is 29.8 Å². The molecule has 0 saturated heterocycles. The van der Waals surface area contributed by atoms with E-state index < -0.39 is 0 Å². The van der Waals surface area contributed by atoms with E-state index in [0.717, 1.165) is 25.1 Å². The standard InChI is InChI=1S/C14H20N2O/c1-10(2)9-16(3)14(17)12-4-5-13-11(8-12)6-7-15-13/h4-5,8,10,15H,6-7,9H2,1-3H3. The third kappa shape index (κ3) is 2.60. The van der Waals surface area contributed by atoms with Crippen LogP contribution in [0.3, 0.4) is 0 Å². The van der Waals surface area contributed by atoms with Gasteiger partial charge >= 0.3 is 0 Å². The van der Waals surface area contributed by atoms with E-state index in [1.807, 2.05) is 25.2 Å². The molecule has 0 spiro atoms. The summed E-state index contributed by atoms with van der Waals surface area (Å²) in [4.78, 5) is 14.0. The third-order valence-corrected chi connectivity index (χ3v) is 3.05. The average molecular weight is 232 g/mol. The summed E-state index contributed by atoms with van der Waals surface area (Å²) in [5, 5.41) is 3.30. The first-order valence-corrected chi connectivity index (χ1v) is 6.20. The van der Waals surface area contributed by atoms with Gasteiger partial charge in [0.25, 0.3) is 5.91 Å². The second kappa shape index (κ2) is 4.78. The van der Waals surface area contributed by atoms with E-state index in [1.165, 1.54) is 11.3 Å². The maximum Gasteiger partial charge on any atom is 0.253 e. The molecule has 1 heterocycles. The molecular formula is C14H20N2O. The first-order valence-electron chi connectivity index (χ1n) is 6.20. The van der Waals surface area contributed by atoms with Gasteiger partial charge in [-0.1, -0.05) is 13.8 Å². The van der Waals surface area contributed by atoms with Gasteiger partial charge in [-0.25, -0.2) is 0 Å². The van der Waals surface area contributed by atoms with E-state index in [-0.39, 0.29) is 5.91 Å². The zero-order valence-corrected chi connectivity index (χ0v) is 10.8. The number of rotatable bonds is 3. The molecule has 1 aromatic rings. The summed E-state index contributed by atoms with van der Waals surface area (Å²) in [5.41, 5.74) is 3.23. The highest BCUT2D eigenvalue weighted by atomic mass is 16.2. The van der Waals surface area contributed by atoms with Crippen molar-refractivity contribution in [2.45, 2.75) is 20.3 Å². The Morgan fingerprint density at radius 1 is 1.47 bits per heavy atom. The normalized spacial score (nSPS) is 13.4. The number of nitrogens with one attached hydrogen (secondary N) is 1. The Morgan fingerprint density at radius 2 is 2.24 bits per heavy atom. The van der Waals surface area contributed by atoms with E-state index in [2.05, 4.69) is 19.2 Å². The molecule has 0 unspecified atom stereocenters. The minimum Gasteiger partial charge on any atom is -0.384 e. The van der Waals surface area contributed by atoms with Gasteiger partial charge in [-0.2, -0.15) is 0 Å². The molecule has 0 aliphatic carbocycles. The van der Waals surface area contributed by atoms with Crippen LogP contribution in [-0.4, -0.2) is 30.9 Å². The van der Waals surface area contributed by atoms with Crippen molar-refractivity contribution < 1.29 is 4.79 Å². The number of hydrogen-bond acceptors (Lipinski definition) is 2. The number of hydrogen-bond donors (Lipinski definition) is 1. The second-order valence-corrected chi connectivity index (χ2v) is 5.13. The molecule has 1 amide bonds. The summed E-state index contributed by atoms with van der Waals surface area (Å²) in [5.74, 6) is 0.619. The maximum absolute atomic E-state index is 12.2. The van der Waals surface area contributed by atoms with E-state index in [1.54, 1.807) is 4.90 Å². The van der Waals surface area contributed by atoms with Gasteiger partial charge in [0, 0.05) is 31.4 Å². The highest BCUT2D eigenvalue weighted by Gasteiger charge is 2.16. The molecule has 0 aromatic heterocycles. The lowest BCUT2D eigenvalue weighted by molar-refractivity contribution is 0.0779. The Hall–Kier alpha value is -1.51. The van der Waals surface area contributed by atoms with E-state index in [0.29, 0.717) is 5.92 Å². The third-order valence-electron chi connectivity index (χ3n) is 3.05. The number of nitrogens with zero attached hydrogens (tertiary/aromatic N) is 1. The minimum atomic E-state index is 0.119. The maximum atomic E-state index is 12.2. The molecule has 2 rings (SSSR count). The number of carbonyl (C=O) groups is 1. The fraction of sp³-hybridized carbons (Fsp3) is 0.500. The van der Waals surface area contributed by atoms with Crippen molar-refractivity contribution in [3.05, 3.63) is 29.3 Å². The zero-order valence-electron chi connectivity index (χ0n) is 10.8. The van der Waals surface area contributed by atoms with Crippen LogP contribution in [0.4, 0.5) is 5.69 Å². The number of fused-ring (bicyclic) bond motifs is 1. The molecule has 3 heteroatoms. The Bertz CT molecular complexity index is 426. The quantitative estimate of drug-likeness (QED) is 0.867. The van der Waals surface area contributed by atoms with Gasteiger partial charge in [-0.15, -0.1) is 0 Å². The molecule has 0 saturated carbocycles. The summed E-state index contributed by atoms with van der Waals surface area (Å²) in [6.45, 7) is 6.02. The Labute approximate surface area is 103 Å². The SMILES string of the molecule is CC(C)CN(C)C(=O)c1ccc2c(c1)CCN2. The fourth-order valence-corrected chi connectivity index (χ4v) is 2.29. The summed E-state index contributed by atoms with van der Waals surface area (Å²) in [6, 6.07) is 5.95. The van der Waals surface area contributed by atoms with Crippen LogP contribution in [0.2, 0.25) is 0 Å². The molecule has 0 radical (unpaired) electrons. The van der Waals surface area contributed by atoms with Crippen molar-refractivity contribution in [2.24, 2.45) is 5.92 Å². The lowest BCUT2D eigenvalue weighted by Crippen LogP contribution is -2.30. The number of benzene rings is 1. The van der Waals surface area contributed by atoms with Gasteiger partial charge in [-0.3, -0.25) is 4.79 Å². The van der Waals surface area contributed by atoms with Crippen molar-refractivity contribution in [2.75, 3.05) is 25.5 Å². The van der Waals surface area contributed by atoms with Crippen LogP contribution in [-0.2, 0) is 6.42 Å². The van der Waals surface area contributed by atoms with Gasteiger partial charge in [0.2, 0.25) is 0 Å². The molecular weight excluding hydrogens is 212 g/mol. The van der Waals surface area contributed by atoms with E-state index in [4.69, 9.17) is 0 Å². The smallest absolute Gasteiger partial charge is 0.253 e. The van der Waals surface area contributed by atoms with Crippen LogP contribution in [0, 0.1) is 5.92 Å². The van der Waals surface area contributed by atoms with Gasteiger partial charge < -0.3 is 10.2 Å². The summed E-state index contributed by atoms with van der Waals surface area (Å²) < 4.78 is 0. The first kappa shape index (κ1) is 12.0. The monoisotopic (exact) mass is 232 g/mol. The van der Waals surface area contributed by atoms with Crippen LogP contribution in [0.5, 0.6) is 0 Å². The molecule has 3 nitrogen and oxygen atoms in total. The fourth-order valence-electron chi connectivity index (χ4n) is 2.29. The summed E-state index contributed by atoms with van der Waals surface area (Å²) >= 11 is 0. The topological polar surface area (TPSA) is 32.3 Å². The van der Waals surface area contributed by atoms with E-state index >= 15 is 0 Å². The summed E-state index contributed by atoms with van der Waals surface area (Å²) in [7, 11) is 1.87. The molecule has 1 aromatic carbocycles. The van der Waals surface area contributed by atoms with E-state index in [9.17, 15) is 4.79 Å². The Morgan fingerprint density at radius 3 is 2.94 bits per heavy atom. The van der Waals surface area contributed by atoms with Crippen molar-refractivity contribution in [3.63, 3.8) is 0 Å². The summed E-state index contributed by atoms with van der Waals surface area (Å²) in [6.07, 6.45) is 1.02. The highest BCUT2D eigenvalue weighted by molar-refractivity contribution is 5.94. The van der Waals surface area contributed by atoms with Gasteiger partial charge in [0.15, 0.2) is 0 Å². The zero-order chi connectivity index (χ0) is 12.4. The largest absolute Gasteiger partial charge is 0.384 e. The number of carbonyl (C=O) groups excluding carboxylic acids is 1. The molecule has 17 heavy (non-hydrogen) atoms. The van der Waals surface area contributed by atoms with Crippen LogP contribution in [0.15, 0.2) is 18.2 Å². The van der Waals surface area contributed by atoms with Crippen LogP contribution in [0.25, 0.3) is 0 Å². The number of amides is 1. The van der Waals surface area contributed by atoms with Crippen molar-refractivity contribution in [3.8, 4) is 0 Å². The molecule has 0 atom stereocenters. The van der Waals surface area contributed by atoms with Crippen molar-refractivity contribution in [1.29, 1.82) is 0 Å². The van der Waals surface area contributed by atoms with Gasteiger partial charge in [0.1, 0.15) is 0 Å². The predicted molar refractivity (Wildman–Crippen MR) is 70.4 cm³/mol. The minimum absolute atomic E-state index is 0.119. The molecule has 0 fully saturated rings. The molecule has 1 aliphatic rings. The van der Waals surface area contributed by atoms with Crippen molar-refractivity contribution in [1.82, 2.24) is 4.90 Å². The lowest BCUT2D eigenvalue weighted by atomic mass is 10.1. The number of anilines is 1. The second-order valence-electron chi connectivity index (χ2n) is 5.13. The predicted octanol–water partition coefficient (Wildman–Crippen LogP) is 2.38. The van der Waals surface area contributed by atoms with Crippen LogP contribution >= 0.6 is 0 Å². The van der Waals surface area contributed by atoms with Crippen molar-refractivity contribution >= 4 is 11.6 Å². The van der Waals surface area contributed by atoms with Gasteiger partial charge in [0.05, 0.1) is 0 Å². The Balaban J connectivity index is 2.14. The molecule has 92 valence electrons. The average Bonchev–Trinajstić information content (AvgIpc) is 2.73. The molecule has 1 aliphatic heterocycles. The van der Waals surface area contributed by atoms with Crippen LogP contribution < -0.4 is 5.32 Å². The Kier molecular flexibility index (Phi) is 3.36. The first-order chi connectivity index (χ1) is 8.08. The lowest BCUT2D eigenvalue weighted by Gasteiger charge is -2.19.